The second-order valence-corrected chi connectivity index (χ2v) is 5.17. The van der Waals surface area contributed by atoms with Crippen LogP contribution in [0.3, 0.4) is 0 Å². The Morgan fingerprint density at radius 1 is 1.14 bits per heavy atom. The second-order valence-electron chi connectivity index (χ2n) is 4.15. The lowest BCUT2D eigenvalue weighted by Crippen LogP contribution is -2.14. The Morgan fingerprint density at radius 2 is 1.86 bits per heavy atom. The molecule has 6 heteroatoms. The fraction of sp³-hybridized carbons (Fsp3) is 0.0667. The Balaban J connectivity index is 1.98. The Hall–Kier alpha value is -2.34. The van der Waals surface area contributed by atoms with Crippen LogP contribution in [0.2, 0.25) is 0 Å². The van der Waals surface area contributed by atoms with Gasteiger partial charge in [-0.05, 0) is 30.3 Å². The van der Waals surface area contributed by atoms with Crippen molar-refractivity contribution < 1.29 is 19.1 Å². The maximum absolute atomic E-state index is 13.6. The number of aromatic carboxylic acids is 1. The fourth-order valence-corrected chi connectivity index (χ4v) is 2.38. The van der Waals surface area contributed by atoms with Crippen molar-refractivity contribution in [2.45, 2.75) is 4.90 Å². The van der Waals surface area contributed by atoms with E-state index < -0.39 is 11.8 Å². The average Bonchev–Trinajstić information content (AvgIpc) is 2.47. The lowest BCUT2D eigenvalue weighted by molar-refractivity contribution is -0.113. The molecule has 2 N–H and O–H groups in total. The number of para-hydroxylation sites is 1. The highest BCUT2D eigenvalue weighted by Crippen LogP contribution is 2.23. The molecular weight excluding hydrogens is 293 g/mol. The average molecular weight is 305 g/mol. The molecule has 2 aromatic carbocycles. The number of hydrogen-bond acceptors (Lipinski definition) is 3. The largest absolute Gasteiger partial charge is 0.478 e. The van der Waals surface area contributed by atoms with Gasteiger partial charge in [0.25, 0.3) is 0 Å². The van der Waals surface area contributed by atoms with Crippen molar-refractivity contribution in [2.24, 2.45) is 0 Å². The predicted molar refractivity (Wildman–Crippen MR) is 79.2 cm³/mol. The summed E-state index contributed by atoms with van der Waals surface area (Å²) >= 11 is 0.956. The van der Waals surface area contributed by atoms with Crippen molar-refractivity contribution in [2.75, 3.05) is 11.1 Å². The van der Waals surface area contributed by atoms with Gasteiger partial charge in [-0.25, -0.2) is 9.18 Å². The van der Waals surface area contributed by atoms with Crippen LogP contribution in [0.4, 0.5) is 10.1 Å². The normalized spacial score (nSPS) is 10.1. The van der Waals surface area contributed by atoms with Crippen molar-refractivity contribution >= 4 is 29.3 Å². The molecule has 0 saturated heterocycles. The molecule has 0 atom stereocenters. The molecule has 0 fully saturated rings. The van der Waals surface area contributed by atoms with Gasteiger partial charge in [0.2, 0.25) is 5.91 Å². The molecule has 108 valence electrons. The van der Waals surface area contributed by atoms with Crippen LogP contribution in [0.25, 0.3) is 0 Å². The quantitative estimate of drug-likeness (QED) is 0.832. The zero-order chi connectivity index (χ0) is 15.2. The fourth-order valence-electron chi connectivity index (χ4n) is 1.61. The van der Waals surface area contributed by atoms with E-state index in [9.17, 15) is 14.0 Å². The molecule has 0 radical (unpaired) electrons. The van der Waals surface area contributed by atoms with Crippen molar-refractivity contribution in [1.29, 1.82) is 0 Å². The summed E-state index contributed by atoms with van der Waals surface area (Å²) in [7, 11) is 0. The van der Waals surface area contributed by atoms with E-state index in [1.54, 1.807) is 24.3 Å². The van der Waals surface area contributed by atoms with Crippen molar-refractivity contribution in [3.05, 3.63) is 59.9 Å². The highest BCUT2D eigenvalue weighted by Gasteiger charge is 2.11. The summed E-state index contributed by atoms with van der Waals surface area (Å²) in [5, 5.41) is 11.5. The summed E-state index contributed by atoms with van der Waals surface area (Å²) in [6.45, 7) is 0. The van der Waals surface area contributed by atoms with Gasteiger partial charge in [-0.1, -0.05) is 18.2 Å². The molecule has 4 nitrogen and oxygen atoms in total. The van der Waals surface area contributed by atoms with E-state index in [1.165, 1.54) is 12.1 Å². The monoisotopic (exact) mass is 305 g/mol. The number of thioether (sulfide) groups is 1. The number of halogens is 1. The number of anilines is 1. The number of amides is 1. The molecular formula is C15H12FNO3S. The smallest absolute Gasteiger partial charge is 0.335 e. The van der Waals surface area contributed by atoms with Crippen molar-refractivity contribution in [1.82, 2.24) is 0 Å². The van der Waals surface area contributed by atoms with Gasteiger partial charge in [0.05, 0.1) is 11.3 Å². The van der Waals surface area contributed by atoms with Crippen LogP contribution in [0.5, 0.6) is 0 Å². The first-order chi connectivity index (χ1) is 10.1. The molecule has 0 heterocycles. The van der Waals surface area contributed by atoms with E-state index in [1.807, 2.05) is 6.07 Å². The minimum Gasteiger partial charge on any atom is -0.478 e. The predicted octanol–water partition coefficient (Wildman–Crippen LogP) is 3.25. The van der Waals surface area contributed by atoms with E-state index in [0.29, 0.717) is 5.69 Å². The molecule has 0 bridgehead atoms. The Bertz CT molecular complexity index is 661. The number of carboxylic acid groups (broad SMARTS) is 1. The summed E-state index contributed by atoms with van der Waals surface area (Å²) in [6, 6.07) is 12.4. The van der Waals surface area contributed by atoms with Gasteiger partial charge in [-0.3, -0.25) is 4.79 Å². The van der Waals surface area contributed by atoms with E-state index in [2.05, 4.69) is 5.32 Å². The third-order valence-corrected chi connectivity index (χ3v) is 3.62. The SMILES string of the molecule is O=C(CSc1cc(C(=O)O)ccc1F)Nc1ccccc1. The van der Waals surface area contributed by atoms with Gasteiger partial charge in [-0.15, -0.1) is 11.8 Å². The second kappa shape index (κ2) is 6.90. The first-order valence-corrected chi connectivity index (χ1v) is 7.05. The zero-order valence-corrected chi connectivity index (χ0v) is 11.7. The summed E-state index contributed by atoms with van der Waals surface area (Å²) < 4.78 is 13.6. The van der Waals surface area contributed by atoms with Crippen LogP contribution in [-0.2, 0) is 4.79 Å². The molecule has 0 saturated carbocycles. The van der Waals surface area contributed by atoms with E-state index >= 15 is 0 Å². The summed E-state index contributed by atoms with van der Waals surface area (Å²) in [5.74, 6) is -1.97. The maximum atomic E-state index is 13.6. The molecule has 0 unspecified atom stereocenters. The molecule has 0 aromatic heterocycles. The number of rotatable bonds is 5. The van der Waals surface area contributed by atoms with Crippen LogP contribution < -0.4 is 5.32 Å². The lowest BCUT2D eigenvalue weighted by atomic mass is 10.2. The summed E-state index contributed by atoms with van der Waals surface area (Å²) in [5.41, 5.74) is 0.644. The highest BCUT2D eigenvalue weighted by atomic mass is 32.2. The minimum absolute atomic E-state index is 0.00507. The first-order valence-electron chi connectivity index (χ1n) is 6.07. The minimum atomic E-state index is -1.13. The van der Waals surface area contributed by atoms with Crippen LogP contribution in [0.15, 0.2) is 53.4 Å². The summed E-state index contributed by atoms with van der Waals surface area (Å²) in [4.78, 5) is 22.7. The molecule has 0 aliphatic heterocycles. The standard InChI is InChI=1S/C15H12FNO3S/c16-12-7-6-10(15(19)20)8-13(12)21-9-14(18)17-11-4-2-1-3-5-11/h1-8H,9H2,(H,17,18)(H,19,20). The number of hydrogen-bond donors (Lipinski definition) is 2. The van der Waals surface area contributed by atoms with Gasteiger partial charge in [0, 0.05) is 10.6 Å². The van der Waals surface area contributed by atoms with Gasteiger partial charge >= 0.3 is 5.97 Å². The topological polar surface area (TPSA) is 66.4 Å². The van der Waals surface area contributed by atoms with Crippen LogP contribution in [0, 0.1) is 5.82 Å². The van der Waals surface area contributed by atoms with Crippen molar-refractivity contribution in [3.63, 3.8) is 0 Å². The lowest BCUT2D eigenvalue weighted by Gasteiger charge is -2.06. The van der Waals surface area contributed by atoms with Crippen LogP contribution >= 0.6 is 11.8 Å². The van der Waals surface area contributed by atoms with E-state index in [-0.39, 0.29) is 22.1 Å². The molecule has 2 rings (SSSR count). The molecule has 0 aliphatic carbocycles. The molecule has 21 heavy (non-hydrogen) atoms. The van der Waals surface area contributed by atoms with Gasteiger partial charge in [0.15, 0.2) is 0 Å². The van der Waals surface area contributed by atoms with Crippen LogP contribution in [0.1, 0.15) is 10.4 Å². The Labute approximate surface area is 125 Å². The number of carboxylic acids is 1. The highest BCUT2D eigenvalue weighted by molar-refractivity contribution is 8.00. The Morgan fingerprint density at radius 3 is 2.52 bits per heavy atom. The maximum Gasteiger partial charge on any atom is 0.335 e. The number of carbonyl (C=O) groups is 2. The number of carbonyl (C=O) groups excluding carboxylic acids is 1. The van der Waals surface area contributed by atoms with E-state index in [0.717, 1.165) is 17.8 Å². The zero-order valence-electron chi connectivity index (χ0n) is 10.9. The first kappa shape index (κ1) is 15.1. The van der Waals surface area contributed by atoms with Gasteiger partial charge < -0.3 is 10.4 Å². The Kier molecular flexibility index (Phi) is 4.94. The molecule has 0 aliphatic rings. The van der Waals surface area contributed by atoms with Gasteiger partial charge in [0.1, 0.15) is 5.82 Å². The third-order valence-electron chi connectivity index (χ3n) is 2.59. The third kappa shape index (κ3) is 4.32. The summed E-state index contributed by atoms with van der Waals surface area (Å²) in [6.07, 6.45) is 0. The van der Waals surface area contributed by atoms with E-state index in [4.69, 9.17) is 5.11 Å². The molecule has 2 aromatic rings. The van der Waals surface area contributed by atoms with Crippen molar-refractivity contribution in [3.8, 4) is 0 Å². The molecule has 0 spiro atoms. The number of nitrogens with one attached hydrogen (secondary N) is 1. The van der Waals surface area contributed by atoms with Crippen LogP contribution in [-0.4, -0.2) is 22.7 Å². The van der Waals surface area contributed by atoms with Gasteiger partial charge in [-0.2, -0.15) is 0 Å². The number of benzene rings is 2. The molecule has 1 amide bonds.